The SMILES string of the molecule is CC(NC(=O)C(C(=O)c1cccc([N+](=O)[O-])c1)n1ccccc1=O)c1ccccc1. The van der Waals surface area contributed by atoms with Crippen LogP contribution in [0.25, 0.3) is 0 Å². The molecule has 1 aromatic heterocycles. The van der Waals surface area contributed by atoms with Crippen molar-refractivity contribution in [2.45, 2.75) is 19.0 Å². The van der Waals surface area contributed by atoms with Gasteiger partial charge in [0.2, 0.25) is 0 Å². The molecule has 3 rings (SSSR count). The zero-order chi connectivity index (χ0) is 21.7. The van der Waals surface area contributed by atoms with Crippen molar-refractivity contribution in [1.82, 2.24) is 9.88 Å². The van der Waals surface area contributed by atoms with Gasteiger partial charge in [0.05, 0.1) is 11.0 Å². The summed E-state index contributed by atoms with van der Waals surface area (Å²) in [5.74, 6) is -1.40. The van der Waals surface area contributed by atoms with Gasteiger partial charge >= 0.3 is 0 Å². The molecule has 0 spiro atoms. The van der Waals surface area contributed by atoms with Gasteiger partial charge in [-0.3, -0.25) is 29.1 Å². The Bertz CT molecular complexity index is 1140. The summed E-state index contributed by atoms with van der Waals surface area (Å²) in [5, 5.41) is 13.8. The van der Waals surface area contributed by atoms with Crippen molar-refractivity contribution < 1.29 is 14.5 Å². The lowest BCUT2D eigenvalue weighted by atomic mass is 10.0. The normalized spacial score (nSPS) is 12.6. The minimum absolute atomic E-state index is 0.0348. The van der Waals surface area contributed by atoms with Crippen LogP contribution in [0.15, 0.2) is 83.8 Å². The average molecular weight is 405 g/mol. The van der Waals surface area contributed by atoms with Crippen LogP contribution in [0.4, 0.5) is 5.69 Å². The Morgan fingerprint density at radius 2 is 1.70 bits per heavy atom. The molecule has 1 amide bonds. The van der Waals surface area contributed by atoms with E-state index in [0.29, 0.717) is 0 Å². The summed E-state index contributed by atoms with van der Waals surface area (Å²) in [7, 11) is 0. The van der Waals surface area contributed by atoms with Gasteiger partial charge in [0.15, 0.2) is 11.8 Å². The Labute approximate surface area is 171 Å². The first-order valence-corrected chi connectivity index (χ1v) is 9.19. The molecule has 3 aromatic rings. The molecule has 1 heterocycles. The zero-order valence-electron chi connectivity index (χ0n) is 16.1. The van der Waals surface area contributed by atoms with Gasteiger partial charge in [0, 0.05) is 30.0 Å². The van der Waals surface area contributed by atoms with Gasteiger partial charge in [-0.05, 0) is 18.6 Å². The summed E-state index contributed by atoms with van der Waals surface area (Å²) in [6, 6.07) is 16.6. The highest BCUT2D eigenvalue weighted by atomic mass is 16.6. The number of nitrogens with one attached hydrogen (secondary N) is 1. The molecule has 152 valence electrons. The molecule has 0 saturated carbocycles. The maximum absolute atomic E-state index is 13.2. The summed E-state index contributed by atoms with van der Waals surface area (Å²) in [6.45, 7) is 1.76. The van der Waals surface area contributed by atoms with Crippen LogP contribution < -0.4 is 10.9 Å². The largest absolute Gasteiger partial charge is 0.347 e. The molecule has 2 aromatic carbocycles. The summed E-state index contributed by atoms with van der Waals surface area (Å²) in [5.41, 5.74) is -0.0258. The second-order valence-electron chi connectivity index (χ2n) is 6.66. The highest BCUT2D eigenvalue weighted by Crippen LogP contribution is 2.20. The molecule has 0 aliphatic rings. The van der Waals surface area contributed by atoms with E-state index in [9.17, 15) is 24.5 Å². The number of rotatable bonds is 7. The quantitative estimate of drug-likeness (QED) is 0.281. The van der Waals surface area contributed by atoms with Crippen molar-refractivity contribution in [2.75, 3.05) is 0 Å². The van der Waals surface area contributed by atoms with Crippen molar-refractivity contribution >= 4 is 17.4 Å². The number of amides is 1. The Balaban J connectivity index is 1.99. The Kier molecular flexibility index (Phi) is 6.17. The number of hydrogen-bond donors (Lipinski definition) is 1. The number of Topliss-reactive ketones (excluding diaryl/α,β-unsaturated/α-hetero) is 1. The van der Waals surface area contributed by atoms with Gasteiger partial charge in [0.1, 0.15) is 0 Å². The number of nitro groups is 1. The van der Waals surface area contributed by atoms with Crippen LogP contribution in [-0.2, 0) is 4.79 Å². The monoisotopic (exact) mass is 405 g/mol. The van der Waals surface area contributed by atoms with Gasteiger partial charge in [0.25, 0.3) is 17.2 Å². The summed E-state index contributed by atoms with van der Waals surface area (Å²) in [4.78, 5) is 49.1. The van der Waals surface area contributed by atoms with Crippen LogP contribution in [0, 0.1) is 10.1 Å². The van der Waals surface area contributed by atoms with Gasteiger partial charge in [-0.1, -0.05) is 48.5 Å². The highest BCUT2D eigenvalue weighted by molar-refractivity contribution is 6.12. The highest BCUT2D eigenvalue weighted by Gasteiger charge is 2.31. The van der Waals surface area contributed by atoms with E-state index in [1.807, 2.05) is 30.3 Å². The summed E-state index contributed by atoms with van der Waals surface area (Å²) >= 11 is 0. The Hall–Kier alpha value is -4.07. The number of carbonyl (C=O) groups excluding carboxylic acids is 2. The molecule has 2 unspecified atom stereocenters. The average Bonchev–Trinajstić information content (AvgIpc) is 2.75. The smallest absolute Gasteiger partial charge is 0.270 e. The molecule has 1 N–H and O–H groups in total. The van der Waals surface area contributed by atoms with E-state index in [-0.39, 0.29) is 11.3 Å². The van der Waals surface area contributed by atoms with Gasteiger partial charge in [-0.25, -0.2) is 0 Å². The maximum atomic E-state index is 13.2. The van der Waals surface area contributed by atoms with Gasteiger partial charge in [-0.15, -0.1) is 0 Å². The number of ketones is 1. The first-order chi connectivity index (χ1) is 14.4. The fourth-order valence-electron chi connectivity index (χ4n) is 3.07. The van der Waals surface area contributed by atoms with Crippen LogP contribution in [0.2, 0.25) is 0 Å². The predicted octanol–water partition coefficient (Wildman–Crippen LogP) is 3.06. The molecule has 8 nitrogen and oxygen atoms in total. The second kappa shape index (κ2) is 8.95. The molecule has 0 aliphatic carbocycles. The number of nitro benzene ring substituents is 1. The van der Waals surface area contributed by atoms with E-state index in [1.165, 1.54) is 42.6 Å². The number of pyridine rings is 1. The maximum Gasteiger partial charge on any atom is 0.270 e. The number of benzene rings is 2. The number of non-ortho nitro benzene ring substituents is 1. The minimum Gasteiger partial charge on any atom is -0.347 e. The molecule has 0 radical (unpaired) electrons. The van der Waals surface area contributed by atoms with Crippen LogP contribution in [0.5, 0.6) is 0 Å². The lowest BCUT2D eigenvalue weighted by Gasteiger charge is -2.21. The summed E-state index contributed by atoms with van der Waals surface area (Å²) in [6.07, 6.45) is 1.34. The van der Waals surface area contributed by atoms with Crippen LogP contribution in [-0.4, -0.2) is 21.2 Å². The molecule has 0 bridgehead atoms. The Morgan fingerprint density at radius 3 is 2.37 bits per heavy atom. The van der Waals surface area contributed by atoms with E-state index in [1.54, 1.807) is 6.92 Å². The zero-order valence-corrected chi connectivity index (χ0v) is 16.1. The molecule has 8 heteroatoms. The Morgan fingerprint density at radius 1 is 1.00 bits per heavy atom. The van der Waals surface area contributed by atoms with Crippen molar-refractivity contribution in [3.05, 3.63) is 111 Å². The molecular formula is C22H19N3O5. The van der Waals surface area contributed by atoms with Crippen molar-refractivity contribution in [3.8, 4) is 0 Å². The fraction of sp³-hybridized carbons (Fsp3) is 0.136. The third-order valence-corrected chi connectivity index (χ3v) is 4.63. The van der Waals surface area contributed by atoms with Crippen molar-refractivity contribution in [3.63, 3.8) is 0 Å². The molecule has 0 fully saturated rings. The van der Waals surface area contributed by atoms with E-state index in [0.717, 1.165) is 16.2 Å². The third-order valence-electron chi connectivity index (χ3n) is 4.63. The van der Waals surface area contributed by atoms with E-state index >= 15 is 0 Å². The lowest BCUT2D eigenvalue weighted by molar-refractivity contribution is -0.384. The molecule has 0 saturated heterocycles. The number of aromatic nitrogens is 1. The van der Waals surface area contributed by atoms with Crippen LogP contribution in [0.3, 0.4) is 0 Å². The van der Waals surface area contributed by atoms with E-state index < -0.39 is 34.3 Å². The lowest BCUT2D eigenvalue weighted by Crippen LogP contribution is -2.42. The number of carbonyl (C=O) groups is 2. The first-order valence-electron chi connectivity index (χ1n) is 9.19. The third kappa shape index (κ3) is 4.49. The molecule has 30 heavy (non-hydrogen) atoms. The van der Waals surface area contributed by atoms with E-state index in [4.69, 9.17) is 0 Å². The van der Waals surface area contributed by atoms with Crippen LogP contribution in [0.1, 0.15) is 34.9 Å². The predicted molar refractivity (Wildman–Crippen MR) is 110 cm³/mol. The molecule has 0 aliphatic heterocycles. The molecular weight excluding hydrogens is 386 g/mol. The first kappa shape index (κ1) is 20.7. The second-order valence-corrected chi connectivity index (χ2v) is 6.66. The fourth-order valence-corrected chi connectivity index (χ4v) is 3.07. The van der Waals surface area contributed by atoms with Crippen LogP contribution >= 0.6 is 0 Å². The minimum atomic E-state index is -1.51. The van der Waals surface area contributed by atoms with Gasteiger partial charge in [-0.2, -0.15) is 0 Å². The van der Waals surface area contributed by atoms with E-state index in [2.05, 4.69) is 5.32 Å². The van der Waals surface area contributed by atoms with Crippen molar-refractivity contribution in [1.29, 1.82) is 0 Å². The summed E-state index contributed by atoms with van der Waals surface area (Å²) < 4.78 is 1.02. The van der Waals surface area contributed by atoms with Crippen molar-refractivity contribution in [2.24, 2.45) is 0 Å². The number of nitrogens with zero attached hydrogens (tertiary/aromatic N) is 2. The standard InChI is InChI=1S/C22H19N3O5/c1-15(16-8-3-2-4-9-16)23-22(28)20(24-13-6-5-12-19(24)26)21(27)17-10-7-11-18(14-17)25(29)30/h2-15,20H,1H3,(H,23,28). The molecule has 2 atom stereocenters. The van der Waals surface area contributed by atoms with Gasteiger partial charge < -0.3 is 5.32 Å². The number of hydrogen-bond acceptors (Lipinski definition) is 5. The topological polar surface area (TPSA) is 111 Å².